The first-order chi connectivity index (χ1) is 10.3. The summed E-state index contributed by atoms with van der Waals surface area (Å²) in [4.78, 5) is 7.16. The second-order valence-corrected chi connectivity index (χ2v) is 5.55. The Bertz CT molecular complexity index is 532. The van der Waals surface area contributed by atoms with E-state index < -0.39 is 0 Å². The molecular weight excluding hydrogens is 264 g/mol. The van der Waals surface area contributed by atoms with Gasteiger partial charge in [0.05, 0.1) is 31.4 Å². The van der Waals surface area contributed by atoms with Crippen LogP contribution in [0.5, 0.6) is 0 Å². The first kappa shape index (κ1) is 14.1. The molecule has 0 amide bonds. The molecule has 1 aromatic carbocycles. The lowest BCUT2D eigenvalue weighted by atomic mass is 10.1. The van der Waals surface area contributed by atoms with Gasteiger partial charge in [-0.1, -0.05) is 12.1 Å². The van der Waals surface area contributed by atoms with Gasteiger partial charge in [0.25, 0.3) is 0 Å². The van der Waals surface area contributed by atoms with Gasteiger partial charge in [0.1, 0.15) is 0 Å². The molecule has 1 fully saturated rings. The molecule has 0 bridgehead atoms. The molecule has 3 rings (SSSR count). The summed E-state index contributed by atoms with van der Waals surface area (Å²) in [5.41, 5.74) is 3.33. The van der Waals surface area contributed by atoms with E-state index in [0.29, 0.717) is 12.1 Å². The van der Waals surface area contributed by atoms with Gasteiger partial charge in [-0.15, -0.1) is 0 Å². The smallest absolute Gasteiger partial charge is 0.0924 e. The number of aromatic nitrogens is 2. The van der Waals surface area contributed by atoms with E-state index in [-0.39, 0.29) is 0 Å². The topological polar surface area (TPSA) is 62.0 Å². The quantitative estimate of drug-likeness (QED) is 0.789. The Morgan fingerprint density at radius 1 is 1.38 bits per heavy atom. The minimum atomic E-state index is 0.405. The molecule has 1 aliphatic rings. The highest BCUT2D eigenvalue weighted by atomic mass is 16.5. The second kappa shape index (κ2) is 6.74. The summed E-state index contributed by atoms with van der Waals surface area (Å²) in [5.74, 6) is 0. The molecule has 5 heteroatoms. The molecule has 1 aromatic heterocycles. The third-order valence-corrected chi connectivity index (χ3v) is 3.74. The molecule has 2 atom stereocenters. The number of imidazole rings is 1. The van der Waals surface area contributed by atoms with Gasteiger partial charge in [-0.2, -0.15) is 0 Å². The van der Waals surface area contributed by atoms with Gasteiger partial charge in [-0.3, -0.25) is 0 Å². The van der Waals surface area contributed by atoms with E-state index in [0.717, 1.165) is 43.1 Å². The lowest BCUT2D eigenvalue weighted by Gasteiger charge is -2.27. The monoisotopic (exact) mass is 286 g/mol. The van der Waals surface area contributed by atoms with Crippen LogP contribution in [0.3, 0.4) is 0 Å². The maximum Gasteiger partial charge on any atom is 0.0924 e. The number of morpholine rings is 1. The third-order valence-electron chi connectivity index (χ3n) is 3.74. The minimum absolute atomic E-state index is 0.405. The van der Waals surface area contributed by atoms with Crippen molar-refractivity contribution in [3.8, 4) is 11.3 Å². The number of hydrogen-bond donors (Lipinski definition) is 3. The first-order valence-electron chi connectivity index (χ1n) is 7.48. The Morgan fingerprint density at radius 3 is 2.90 bits per heavy atom. The van der Waals surface area contributed by atoms with Crippen LogP contribution in [-0.4, -0.2) is 41.8 Å². The molecule has 2 aromatic rings. The highest BCUT2D eigenvalue weighted by Gasteiger charge is 2.16. The SMILES string of the molecule is CC(CC1COCCN1)Nc1ccc(-c2cnc[nH]2)cc1. The maximum atomic E-state index is 5.49. The summed E-state index contributed by atoms with van der Waals surface area (Å²) in [7, 11) is 0. The number of rotatable bonds is 5. The van der Waals surface area contributed by atoms with Crippen LogP contribution in [0, 0.1) is 0 Å². The van der Waals surface area contributed by atoms with Crippen LogP contribution in [0.15, 0.2) is 36.8 Å². The van der Waals surface area contributed by atoms with E-state index in [1.165, 1.54) is 0 Å². The van der Waals surface area contributed by atoms with E-state index >= 15 is 0 Å². The van der Waals surface area contributed by atoms with Crippen LogP contribution < -0.4 is 10.6 Å². The Balaban J connectivity index is 1.54. The number of nitrogens with zero attached hydrogens (tertiary/aromatic N) is 1. The van der Waals surface area contributed by atoms with Gasteiger partial charge in [0, 0.05) is 24.3 Å². The van der Waals surface area contributed by atoms with Gasteiger partial charge >= 0.3 is 0 Å². The van der Waals surface area contributed by atoms with Crippen molar-refractivity contribution in [3.05, 3.63) is 36.8 Å². The fourth-order valence-electron chi connectivity index (χ4n) is 2.70. The fourth-order valence-corrected chi connectivity index (χ4v) is 2.70. The molecule has 0 radical (unpaired) electrons. The average Bonchev–Trinajstić information content (AvgIpc) is 3.03. The van der Waals surface area contributed by atoms with E-state index in [2.05, 4.69) is 51.8 Å². The average molecular weight is 286 g/mol. The van der Waals surface area contributed by atoms with Crippen molar-refractivity contribution in [3.63, 3.8) is 0 Å². The van der Waals surface area contributed by atoms with Gasteiger partial charge in [-0.05, 0) is 31.0 Å². The number of hydrogen-bond acceptors (Lipinski definition) is 4. The minimum Gasteiger partial charge on any atom is -0.383 e. The molecule has 0 saturated carbocycles. The summed E-state index contributed by atoms with van der Waals surface area (Å²) in [6.07, 6.45) is 4.59. The second-order valence-electron chi connectivity index (χ2n) is 5.55. The van der Waals surface area contributed by atoms with Gasteiger partial charge in [-0.25, -0.2) is 4.98 Å². The summed E-state index contributed by atoms with van der Waals surface area (Å²) in [6, 6.07) is 9.28. The summed E-state index contributed by atoms with van der Waals surface area (Å²) < 4.78 is 5.49. The molecule has 5 nitrogen and oxygen atoms in total. The van der Waals surface area contributed by atoms with Crippen LogP contribution in [0.25, 0.3) is 11.3 Å². The Morgan fingerprint density at radius 2 is 2.24 bits per heavy atom. The zero-order valence-corrected chi connectivity index (χ0v) is 12.3. The number of aromatic amines is 1. The number of ether oxygens (including phenoxy) is 1. The molecule has 3 N–H and O–H groups in total. The van der Waals surface area contributed by atoms with Crippen molar-refractivity contribution in [1.29, 1.82) is 0 Å². The van der Waals surface area contributed by atoms with E-state index in [1.54, 1.807) is 6.33 Å². The predicted octanol–water partition coefficient (Wildman–Crippen LogP) is 2.26. The third kappa shape index (κ3) is 3.83. The molecule has 112 valence electrons. The number of nitrogens with one attached hydrogen (secondary N) is 3. The predicted molar refractivity (Wildman–Crippen MR) is 84.3 cm³/mol. The molecule has 0 aliphatic carbocycles. The summed E-state index contributed by atoms with van der Waals surface area (Å²) in [6.45, 7) is 4.80. The Kier molecular flexibility index (Phi) is 4.52. The lowest BCUT2D eigenvalue weighted by Crippen LogP contribution is -2.43. The van der Waals surface area contributed by atoms with Crippen molar-refractivity contribution in [2.24, 2.45) is 0 Å². The van der Waals surface area contributed by atoms with E-state index in [1.807, 2.05) is 6.20 Å². The Hall–Kier alpha value is -1.85. The van der Waals surface area contributed by atoms with Crippen LogP contribution >= 0.6 is 0 Å². The summed E-state index contributed by atoms with van der Waals surface area (Å²) >= 11 is 0. The van der Waals surface area contributed by atoms with Gasteiger partial charge in [0.2, 0.25) is 0 Å². The van der Waals surface area contributed by atoms with Crippen molar-refractivity contribution in [2.75, 3.05) is 25.1 Å². The van der Waals surface area contributed by atoms with Crippen molar-refractivity contribution in [1.82, 2.24) is 15.3 Å². The molecule has 2 unspecified atom stereocenters. The van der Waals surface area contributed by atoms with Crippen LogP contribution in [0.4, 0.5) is 5.69 Å². The molecular formula is C16H22N4O. The number of anilines is 1. The van der Waals surface area contributed by atoms with E-state index in [4.69, 9.17) is 4.74 Å². The van der Waals surface area contributed by atoms with Gasteiger partial charge in [0.15, 0.2) is 0 Å². The molecule has 21 heavy (non-hydrogen) atoms. The molecule has 2 heterocycles. The van der Waals surface area contributed by atoms with Crippen LogP contribution in [0.1, 0.15) is 13.3 Å². The van der Waals surface area contributed by atoms with E-state index in [9.17, 15) is 0 Å². The maximum absolute atomic E-state index is 5.49. The first-order valence-corrected chi connectivity index (χ1v) is 7.48. The van der Waals surface area contributed by atoms with Crippen LogP contribution in [0.2, 0.25) is 0 Å². The Labute approximate surface area is 125 Å². The lowest BCUT2D eigenvalue weighted by molar-refractivity contribution is 0.0731. The van der Waals surface area contributed by atoms with Crippen molar-refractivity contribution in [2.45, 2.75) is 25.4 Å². The van der Waals surface area contributed by atoms with Crippen molar-refractivity contribution < 1.29 is 4.74 Å². The normalized spacial score (nSPS) is 20.1. The zero-order chi connectivity index (χ0) is 14.5. The standard InChI is InChI=1S/C16H22N4O/c1-12(8-15-10-21-7-6-18-15)20-14-4-2-13(3-5-14)16-9-17-11-19-16/h2-5,9,11-12,15,18,20H,6-8,10H2,1H3,(H,17,19). The van der Waals surface area contributed by atoms with Crippen LogP contribution in [-0.2, 0) is 4.74 Å². The number of H-pyrrole nitrogens is 1. The van der Waals surface area contributed by atoms with Crippen molar-refractivity contribution >= 4 is 5.69 Å². The largest absolute Gasteiger partial charge is 0.383 e. The molecule has 1 aliphatic heterocycles. The highest BCUT2D eigenvalue weighted by Crippen LogP contribution is 2.19. The molecule has 0 spiro atoms. The molecule has 1 saturated heterocycles. The van der Waals surface area contributed by atoms with Gasteiger partial charge < -0.3 is 20.4 Å². The highest BCUT2D eigenvalue weighted by molar-refractivity contribution is 5.62. The fraction of sp³-hybridized carbons (Fsp3) is 0.438. The zero-order valence-electron chi connectivity index (χ0n) is 12.3. The number of benzene rings is 1. The summed E-state index contributed by atoms with van der Waals surface area (Å²) in [5, 5.41) is 7.03.